The predicted octanol–water partition coefficient (Wildman–Crippen LogP) is 4.63. The maximum absolute atomic E-state index is 12.2. The average Bonchev–Trinajstić information content (AvgIpc) is 2.38. The normalized spacial score (nSPS) is 23.1. The molecule has 1 aromatic carbocycles. The molecule has 2 unspecified atom stereocenters. The third-order valence-corrected chi connectivity index (χ3v) is 4.75. The summed E-state index contributed by atoms with van der Waals surface area (Å²) >= 11 is 15.3. The van der Waals surface area contributed by atoms with Gasteiger partial charge in [0.2, 0.25) is 0 Å². The van der Waals surface area contributed by atoms with Crippen LogP contribution in [-0.4, -0.2) is 17.8 Å². The summed E-state index contributed by atoms with van der Waals surface area (Å²) in [4.78, 5) is 12.2. The lowest BCUT2D eigenvalue weighted by molar-refractivity contribution is 0.0922. The van der Waals surface area contributed by atoms with Crippen molar-refractivity contribution in [2.24, 2.45) is 5.92 Å². The molecule has 5 heteroatoms. The Kier molecular flexibility index (Phi) is 5.55. The smallest absolute Gasteiger partial charge is 0.253 e. The van der Waals surface area contributed by atoms with Crippen LogP contribution in [0.5, 0.6) is 0 Å². The summed E-state index contributed by atoms with van der Waals surface area (Å²) in [6.07, 6.45) is 4.27. The van der Waals surface area contributed by atoms with E-state index in [1.165, 1.54) is 0 Å². The molecule has 1 aliphatic carbocycles. The van der Waals surface area contributed by atoms with E-state index in [2.05, 4.69) is 21.2 Å². The van der Waals surface area contributed by atoms with Crippen molar-refractivity contribution < 1.29 is 4.79 Å². The third kappa shape index (κ3) is 4.11. The molecule has 19 heavy (non-hydrogen) atoms. The summed E-state index contributed by atoms with van der Waals surface area (Å²) in [5, 5.41) is 3.53. The van der Waals surface area contributed by atoms with Crippen molar-refractivity contribution in [2.45, 2.75) is 31.7 Å². The van der Waals surface area contributed by atoms with Crippen LogP contribution >= 0.6 is 39.1 Å². The number of rotatable bonds is 3. The van der Waals surface area contributed by atoms with E-state index in [0.29, 0.717) is 22.4 Å². The van der Waals surface area contributed by atoms with Gasteiger partial charge in [-0.05, 0) is 43.4 Å². The second-order valence-electron chi connectivity index (χ2n) is 4.98. The minimum absolute atomic E-state index is 0.0993. The van der Waals surface area contributed by atoms with E-state index >= 15 is 0 Å². The van der Waals surface area contributed by atoms with Crippen LogP contribution in [0.4, 0.5) is 0 Å². The first-order chi connectivity index (χ1) is 9.10. The topological polar surface area (TPSA) is 29.1 Å². The molecule has 1 saturated carbocycles. The zero-order valence-electron chi connectivity index (χ0n) is 10.5. The van der Waals surface area contributed by atoms with Gasteiger partial charge < -0.3 is 5.32 Å². The molecule has 2 rings (SSSR count). The minimum Gasteiger partial charge on any atom is -0.349 e. The molecule has 2 atom stereocenters. The highest BCUT2D eigenvalue weighted by atomic mass is 79.9. The van der Waals surface area contributed by atoms with Gasteiger partial charge in [-0.2, -0.15) is 0 Å². The van der Waals surface area contributed by atoms with Crippen molar-refractivity contribution in [3.8, 4) is 0 Å². The van der Waals surface area contributed by atoms with Crippen LogP contribution in [-0.2, 0) is 0 Å². The lowest BCUT2D eigenvalue weighted by Gasteiger charge is -2.28. The maximum atomic E-state index is 12.2. The standard InChI is InChI=1S/C14H16BrCl2NO/c15-10-4-5-12(13(17)7-10)14(19)18-11-3-1-2-9(6-11)8-16/h4-5,7,9,11H,1-3,6,8H2,(H,18,19). The highest BCUT2D eigenvalue weighted by molar-refractivity contribution is 9.10. The second-order valence-corrected chi connectivity index (χ2v) is 6.61. The quantitative estimate of drug-likeness (QED) is 0.778. The lowest BCUT2D eigenvalue weighted by Crippen LogP contribution is -2.38. The van der Waals surface area contributed by atoms with E-state index < -0.39 is 0 Å². The van der Waals surface area contributed by atoms with Crippen LogP contribution in [0.25, 0.3) is 0 Å². The number of hydrogen-bond donors (Lipinski definition) is 1. The van der Waals surface area contributed by atoms with Crippen LogP contribution in [0.15, 0.2) is 22.7 Å². The molecule has 1 aromatic rings. The number of halogens is 3. The van der Waals surface area contributed by atoms with Gasteiger partial charge in [0.25, 0.3) is 5.91 Å². The highest BCUT2D eigenvalue weighted by Crippen LogP contribution is 2.26. The van der Waals surface area contributed by atoms with Crippen LogP contribution in [0.2, 0.25) is 5.02 Å². The molecular weight excluding hydrogens is 349 g/mol. The number of alkyl halides is 1. The van der Waals surface area contributed by atoms with Crippen LogP contribution in [0, 0.1) is 5.92 Å². The third-order valence-electron chi connectivity index (χ3n) is 3.51. The van der Waals surface area contributed by atoms with Gasteiger partial charge in [-0.3, -0.25) is 4.79 Å². The van der Waals surface area contributed by atoms with E-state index in [1.54, 1.807) is 12.1 Å². The molecule has 0 aromatic heterocycles. The maximum Gasteiger partial charge on any atom is 0.253 e. The molecule has 0 radical (unpaired) electrons. The molecule has 1 fully saturated rings. The fraction of sp³-hybridized carbons (Fsp3) is 0.500. The van der Waals surface area contributed by atoms with E-state index in [0.717, 1.165) is 30.2 Å². The fourth-order valence-electron chi connectivity index (χ4n) is 2.50. The first-order valence-electron chi connectivity index (χ1n) is 6.42. The Morgan fingerprint density at radius 3 is 2.89 bits per heavy atom. The van der Waals surface area contributed by atoms with Crippen molar-refractivity contribution in [1.29, 1.82) is 0 Å². The highest BCUT2D eigenvalue weighted by Gasteiger charge is 2.23. The number of nitrogens with one attached hydrogen (secondary N) is 1. The molecule has 0 heterocycles. The lowest BCUT2D eigenvalue weighted by atomic mass is 9.87. The molecule has 2 nitrogen and oxygen atoms in total. The molecule has 1 amide bonds. The monoisotopic (exact) mass is 363 g/mol. The zero-order valence-corrected chi connectivity index (χ0v) is 13.6. The van der Waals surface area contributed by atoms with Gasteiger partial charge in [-0.1, -0.05) is 34.0 Å². The molecule has 0 bridgehead atoms. The number of carbonyl (C=O) groups excluding carboxylic acids is 1. The molecular formula is C14H16BrCl2NO. The van der Waals surface area contributed by atoms with Crippen molar-refractivity contribution in [3.05, 3.63) is 33.3 Å². The summed E-state index contributed by atoms with van der Waals surface area (Å²) in [6, 6.07) is 5.51. The Morgan fingerprint density at radius 1 is 1.42 bits per heavy atom. The number of amides is 1. The molecule has 0 saturated heterocycles. The van der Waals surface area contributed by atoms with Gasteiger partial charge >= 0.3 is 0 Å². The van der Waals surface area contributed by atoms with Crippen LogP contribution in [0.1, 0.15) is 36.0 Å². The molecule has 104 valence electrons. The predicted molar refractivity (Wildman–Crippen MR) is 83.1 cm³/mol. The van der Waals surface area contributed by atoms with Gasteiger partial charge in [-0.25, -0.2) is 0 Å². The van der Waals surface area contributed by atoms with Gasteiger partial charge in [0.1, 0.15) is 0 Å². The van der Waals surface area contributed by atoms with Crippen molar-refractivity contribution in [1.82, 2.24) is 5.32 Å². The fourth-order valence-corrected chi connectivity index (χ4v) is 3.54. The van der Waals surface area contributed by atoms with Gasteiger partial charge in [-0.15, -0.1) is 11.6 Å². The summed E-state index contributed by atoms with van der Waals surface area (Å²) in [7, 11) is 0. The van der Waals surface area contributed by atoms with E-state index in [4.69, 9.17) is 23.2 Å². The average molecular weight is 365 g/mol. The summed E-state index contributed by atoms with van der Waals surface area (Å²) in [6.45, 7) is 0. The Balaban J connectivity index is 2.00. The van der Waals surface area contributed by atoms with E-state index in [1.807, 2.05) is 6.07 Å². The van der Waals surface area contributed by atoms with Gasteiger partial charge in [0.05, 0.1) is 10.6 Å². The summed E-state index contributed by atoms with van der Waals surface area (Å²) < 4.78 is 0.869. The van der Waals surface area contributed by atoms with E-state index in [-0.39, 0.29) is 11.9 Å². The SMILES string of the molecule is O=C(NC1CCCC(CCl)C1)c1ccc(Br)cc1Cl. The first kappa shape index (κ1) is 15.1. The molecule has 1 N–H and O–H groups in total. The number of benzene rings is 1. The number of hydrogen-bond acceptors (Lipinski definition) is 1. The molecule has 1 aliphatic rings. The second kappa shape index (κ2) is 6.96. The first-order valence-corrected chi connectivity index (χ1v) is 8.12. The molecule has 0 spiro atoms. The van der Waals surface area contributed by atoms with E-state index in [9.17, 15) is 4.79 Å². The summed E-state index contributed by atoms with van der Waals surface area (Å²) in [5.74, 6) is 1.09. The van der Waals surface area contributed by atoms with Gasteiger partial charge in [0, 0.05) is 16.4 Å². The Hall–Kier alpha value is -0.250. The van der Waals surface area contributed by atoms with Crippen molar-refractivity contribution >= 4 is 45.0 Å². The largest absolute Gasteiger partial charge is 0.349 e. The van der Waals surface area contributed by atoms with Crippen molar-refractivity contribution in [3.63, 3.8) is 0 Å². The molecule has 0 aliphatic heterocycles. The Labute approximate surface area is 132 Å². The van der Waals surface area contributed by atoms with Crippen LogP contribution < -0.4 is 5.32 Å². The van der Waals surface area contributed by atoms with Gasteiger partial charge in [0.15, 0.2) is 0 Å². The summed E-state index contributed by atoms with van der Waals surface area (Å²) in [5.41, 5.74) is 0.526. The number of carbonyl (C=O) groups is 1. The van der Waals surface area contributed by atoms with Crippen molar-refractivity contribution in [2.75, 3.05) is 5.88 Å². The minimum atomic E-state index is -0.0993. The Bertz CT molecular complexity index is 467. The van der Waals surface area contributed by atoms with Crippen LogP contribution in [0.3, 0.4) is 0 Å². The Morgan fingerprint density at radius 2 is 2.21 bits per heavy atom. The zero-order chi connectivity index (χ0) is 13.8.